The number of nitrogens with zero attached hydrogens (tertiary/aromatic N) is 4. The standard InChI is InChI=1S/C33H32N4O4/c38-31(25-13-6-2-7-14-25)28-30(36(33(40)32(28)39)18-10-17-35-19-21-41-22-20-35)27-23-37(26-15-8-3-9-16-26)34-29(27)24-11-4-1-5-12-24/h1-9,11-16,23,30,38H,10,17-22H2/t30-/m0/s1. The number of morpholine rings is 1. The van der Waals surface area contributed by atoms with E-state index < -0.39 is 17.7 Å². The van der Waals surface area contributed by atoms with Gasteiger partial charge in [0.25, 0.3) is 11.7 Å². The van der Waals surface area contributed by atoms with E-state index >= 15 is 0 Å². The molecule has 0 saturated carbocycles. The second-order valence-corrected chi connectivity index (χ2v) is 10.2. The van der Waals surface area contributed by atoms with Crippen molar-refractivity contribution < 1.29 is 19.4 Å². The molecule has 1 N–H and O–H groups in total. The molecule has 2 aliphatic rings. The van der Waals surface area contributed by atoms with Crippen LogP contribution in [0.2, 0.25) is 0 Å². The zero-order chi connectivity index (χ0) is 28.2. The van der Waals surface area contributed by atoms with E-state index in [1.807, 2.05) is 72.9 Å². The lowest BCUT2D eigenvalue weighted by molar-refractivity contribution is -0.140. The molecule has 1 amide bonds. The van der Waals surface area contributed by atoms with Crippen LogP contribution in [-0.2, 0) is 14.3 Å². The number of carbonyl (C=O) groups excluding carboxylic acids is 2. The van der Waals surface area contributed by atoms with Crippen molar-refractivity contribution in [2.45, 2.75) is 12.5 Å². The molecule has 2 fully saturated rings. The molecule has 41 heavy (non-hydrogen) atoms. The predicted molar refractivity (Wildman–Crippen MR) is 156 cm³/mol. The topological polar surface area (TPSA) is 87.9 Å². The molecule has 1 aromatic heterocycles. The minimum atomic E-state index is -0.799. The molecule has 0 spiro atoms. The SMILES string of the molecule is O=C1C(=O)N(CCCN2CCOCC2)[C@@H](c2cn(-c3ccccc3)nc2-c2ccccc2)C1=C(O)c1ccccc1. The highest BCUT2D eigenvalue weighted by molar-refractivity contribution is 6.46. The van der Waals surface area contributed by atoms with Gasteiger partial charge < -0.3 is 14.7 Å². The summed E-state index contributed by atoms with van der Waals surface area (Å²) in [4.78, 5) is 31.2. The Labute approximate surface area is 239 Å². The van der Waals surface area contributed by atoms with Crippen molar-refractivity contribution in [1.82, 2.24) is 19.6 Å². The minimum Gasteiger partial charge on any atom is -0.507 e. The van der Waals surface area contributed by atoms with E-state index in [-0.39, 0.29) is 11.3 Å². The summed E-state index contributed by atoms with van der Waals surface area (Å²) in [5.41, 5.74) is 3.61. The first-order valence-corrected chi connectivity index (χ1v) is 14.0. The fourth-order valence-corrected chi connectivity index (χ4v) is 5.60. The third-order valence-corrected chi connectivity index (χ3v) is 7.67. The van der Waals surface area contributed by atoms with Crippen molar-refractivity contribution in [3.05, 3.63) is 114 Å². The summed E-state index contributed by atoms with van der Waals surface area (Å²) in [5, 5.41) is 16.4. The average Bonchev–Trinajstić information content (AvgIpc) is 3.58. The number of aliphatic hydroxyl groups is 1. The van der Waals surface area contributed by atoms with Crippen molar-refractivity contribution in [1.29, 1.82) is 0 Å². The number of aliphatic hydroxyl groups excluding tert-OH is 1. The summed E-state index contributed by atoms with van der Waals surface area (Å²) in [7, 11) is 0. The summed E-state index contributed by atoms with van der Waals surface area (Å²) >= 11 is 0. The summed E-state index contributed by atoms with van der Waals surface area (Å²) in [6.45, 7) is 4.23. The zero-order valence-electron chi connectivity index (χ0n) is 22.7. The van der Waals surface area contributed by atoms with Gasteiger partial charge >= 0.3 is 0 Å². The predicted octanol–water partition coefficient (Wildman–Crippen LogP) is 4.68. The molecule has 3 heterocycles. The maximum atomic E-state index is 13.6. The van der Waals surface area contributed by atoms with E-state index in [1.165, 1.54) is 0 Å². The summed E-state index contributed by atoms with van der Waals surface area (Å²) in [5.74, 6) is -1.48. The fraction of sp³-hybridized carbons (Fsp3) is 0.242. The normalized spacial score (nSPS) is 19.1. The molecule has 8 heteroatoms. The first-order valence-electron chi connectivity index (χ1n) is 14.0. The Hall–Kier alpha value is -4.53. The highest BCUT2D eigenvalue weighted by Crippen LogP contribution is 2.43. The number of hydrogen-bond acceptors (Lipinski definition) is 6. The number of aromatic nitrogens is 2. The Kier molecular flexibility index (Phi) is 7.75. The summed E-state index contributed by atoms with van der Waals surface area (Å²) < 4.78 is 7.24. The number of ether oxygens (including phenoxy) is 1. The number of benzene rings is 3. The Morgan fingerprint density at radius 3 is 2.17 bits per heavy atom. The molecule has 4 aromatic rings. The van der Waals surface area contributed by atoms with Crippen LogP contribution in [-0.4, -0.2) is 75.8 Å². The van der Waals surface area contributed by atoms with Gasteiger partial charge in [0.05, 0.1) is 36.2 Å². The molecule has 3 aromatic carbocycles. The molecule has 0 radical (unpaired) electrons. The molecule has 0 bridgehead atoms. The third-order valence-electron chi connectivity index (χ3n) is 7.67. The van der Waals surface area contributed by atoms with Crippen LogP contribution in [0.3, 0.4) is 0 Å². The lowest BCUT2D eigenvalue weighted by atomic mass is 9.93. The van der Waals surface area contributed by atoms with Gasteiger partial charge in [-0.25, -0.2) is 4.68 Å². The molecule has 1 atom stereocenters. The molecule has 2 saturated heterocycles. The maximum Gasteiger partial charge on any atom is 0.295 e. The number of ketones is 1. The van der Waals surface area contributed by atoms with Gasteiger partial charge in [-0.3, -0.25) is 14.5 Å². The monoisotopic (exact) mass is 548 g/mol. The van der Waals surface area contributed by atoms with Gasteiger partial charge in [-0.2, -0.15) is 5.10 Å². The second-order valence-electron chi connectivity index (χ2n) is 10.2. The van der Waals surface area contributed by atoms with Gasteiger partial charge in [-0.1, -0.05) is 78.9 Å². The maximum absolute atomic E-state index is 13.6. The summed E-state index contributed by atoms with van der Waals surface area (Å²) in [6, 6.07) is 27.6. The third kappa shape index (κ3) is 5.44. The number of carbonyl (C=O) groups is 2. The van der Waals surface area contributed by atoms with Crippen molar-refractivity contribution in [3.8, 4) is 16.9 Å². The van der Waals surface area contributed by atoms with Gasteiger partial charge in [0.1, 0.15) is 5.76 Å². The fourth-order valence-electron chi connectivity index (χ4n) is 5.60. The molecular weight excluding hydrogens is 516 g/mol. The van der Waals surface area contributed by atoms with Gasteiger partial charge in [0.15, 0.2) is 0 Å². The first-order chi connectivity index (χ1) is 20.1. The number of Topliss-reactive ketones (excluding diaryl/α,β-unsaturated/α-hetero) is 1. The van der Waals surface area contributed by atoms with E-state index in [2.05, 4.69) is 4.90 Å². The Balaban J connectivity index is 1.47. The number of para-hydroxylation sites is 1. The average molecular weight is 549 g/mol. The van der Waals surface area contributed by atoms with Crippen LogP contribution in [0.4, 0.5) is 0 Å². The van der Waals surface area contributed by atoms with Gasteiger partial charge in [-0.15, -0.1) is 0 Å². The number of rotatable bonds is 8. The van der Waals surface area contributed by atoms with Crippen molar-refractivity contribution in [2.75, 3.05) is 39.4 Å². The lowest BCUT2D eigenvalue weighted by Gasteiger charge is -2.29. The van der Waals surface area contributed by atoms with Gasteiger partial charge in [0, 0.05) is 49.1 Å². The van der Waals surface area contributed by atoms with Crippen molar-refractivity contribution >= 4 is 17.4 Å². The highest BCUT2D eigenvalue weighted by Gasteiger charge is 2.47. The molecular formula is C33H32N4O4. The van der Waals surface area contributed by atoms with Crippen LogP contribution >= 0.6 is 0 Å². The second kappa shape index (κ2) is 11.9. The van der Waals surface area contributed by atoms with Crippen LogP contribution in [0.1, 0.15) is 23.6 Å². The molecule has 0 aliphatic carbocycles. The van der Waals surface area contributed by atoms with E-state index in [4.69, 9.17) is 9.84 Å². The molecule has 6 rings (SSSR count). The highest BCUT2D eigenvalue weighted by atomic mass is 16.5. The van der Waals surface area contributed by atoms with Crippen molar-refractivity contribution in [2.24, 2.45) is 0 Å². The van der Waals surface area contributed by atoms with E-state index in [0.717, 1.165) is 30.9 Å². The van der Waals surface area contributed by atoms with Gasteiger partial charge in [0.2, 0.25) is 0 Å². The van der Waals surface area contributed by atoms with E-state index in [1.54, 1.807) is 33.8 Å². The van der Waals surface area contributed by atoms with E-state index in [9.17, 15) is 14.7 Å². The minimum absolute atomic E-state index is 0.0809. The molecule has 208 valence electrons. The Morgan fingerprint density at radius 1 is 0.854 bits per heavy atom. The lowest BCUT2D eigenvalue weighted by Crippen LogP contribution is -2.39. The van der Waals surface area contributed by atoms with Crippen molar-refractivity contribution in [3.63, 3.8) is 0 Å². The molecule has 0 unspecified atom stereocenters. The summed E-state index contributed by atoms with van der Waals surface area (Å²) in [6.07, 6.45) is 2.56. The van der Waals surface area contributed by atoms with Crippen LogP contribution in [0.25, 0.3) is 22.7 Å². The van der Waals surface area contributed by atoms with Crippen LogP contribution in [0.15, 0.2) is 103 Å². The molecule has 8 nitrogen and oxygen atoms in total. The largest absolute Gasteiger partial charge is 0.507 e. The molecule has 2 aliphatic heterocycles. The number of amides is 1. The van der Waals surface area contributed by atoms with Crippen LogP contribution in [0, 0.1) is 0 Å². The Morgan fingerprint density at radius 2 is 1.49 bits per heavy atom. The first kappa shape index (κ1) is 26.7. The zero-order valence-corrected chi connectivity index (χ0v) is 22.7. The smallest absolute Gasteiger partial charge is 0.295 e. The van der Waals surface area contributed by atoms with Gasteiger partial charge in [-0.05, 0) is 18.6 Å². The number of hydrogen-bond donors (Lipinski definition) is 1. The quantitative estimate of drug-likeness (QED) is 0.195. The van der Waals surface area contributed by atoms with Crippen LogP contribution < -0.4 is 0 Å². The Bertz CT molecular complexity index is 1540. The number of likely N-dealkylation sites (tertiary alicyclic amines) is 1. The van der Waals surface area contributed by atoms with E-state index in [0.29, 0.717) is 43.0 Å². The van der Waals surface area contributed by atoms with Crippen LogP contribution in [0.5, 0.6) is 0 Å².